The van der Waals surface area contributed by atoms with Crippen LogP contribution in [0.2, 0.25) is 0 Å². The molecule has 1 aliphatic heterocycles. The van der Waals surface area contributed by atoms with Crippen LogP contribution in [0.5, 0.6) is 0 Å². The third-order valence-electron chi connectivity index (χ3n) is 3.87. The van der Waals surface area contributed by atoms with Gasteiger partial charge >= 0.3 is 0 Å². The molecule has 4 heterocycles. The Balaban J connectivity index is 1.41. The van der Waals surface area contributed by atoms with Crippen molar-refractivity contribution in [3.8, 4) is 5.82 Å². The maximum atomic E-state index is 4.35. The van der Waals surface area contributed by atoms with Crippen molar-refractivity contribution in [2.45, 2.75) is 0 Å². The Labute approximate surface area is 147 Å². The van der Waals surface area contributed by atoms with Crippen LogP contribution in [0.4, 0.5) is 11.8 Å². The van der Waals surface area contributed by atoms with Crippen LogP contribution in [-0.2, 0) is 0 Å². The zero-order chi connectivity index (χ0) is 16.4. The summed E-state index contributed by atoms with van der Waals surface area (Å²) < 4.78 is 2.58. The Morgan fingerprint density at radius 3 is 2.17 bits per heavy atom. The quantitative estimate of drug-likeness (QED) is 0.675. The molecule has 9 heteroatoms. The van der Waals surface area contributed by atoms with E-state index in [4.69, 9.17) is 0 Å². The van der Waals surface area contributed by atoms with E-state index in [-0.39, 0.29) is 0 Å². The van der Waals surface area contributed by atoms with E-state index < -0.39 is 0 Å². The first-order valence-corrected chi connectivity index (χ1v) is 8.40. The van der Waals surface area contributed by atoms with Crippen LogP contribution in [0.15, 0.2) is 47.5 Å². The maximum Gasteiger partial charge on any atom is 0.225 e. The third kappa shape index (κ3) is 3.07. The predicted octanol–water partition coefficient (Wildman–Crippen LogP) is 1.54. The molecule has 8 nitrogen and oxygen atoms in total. The summed E-state index contributed by atoms with van der Waals surface area (Å²) in [6, 6.07) is 5.77. The topological polar surface area (TPSA) is 75.9 Å². The molecular weight excluding hydrogens is 372 g/mol. The molecule has 0 spiro atoms. The summed E-state index contributed by atoms with van der Waals surface area (Å²) in [5, 5.41) is 12.7. The van der Waals surface area contributed by atoms with Gasteiger partial charge in [0.25, 0.3) is 0 Å². The fourth-order valence-electron chi connectivity index (χ4n) is 2.62. The standard InChI is InChI=1S/C15H15BrN8/c16-12-10-17-15(18-11-12)23-8-6-22(7-9-23)13-2-3-14(21-20-13)24-5-1-4-19-24/h1-5,10-11H,6-9H2. The molecule has 4 rings (SSSR count). The highest BCUT2D eigenvalue weighted by atomic mass is 79.9. The highest BCUT2D eigenvalue weighted by molar-refractivity contribution is 9.10. The molecule has 0 aliphatic carbocycles. The van der Waals surface area contributed by atoms with Gasteiger partial charge in [-0.25, -0.2) is 14.6 Å². The molecule has 0 atom stereocenters. The minimum Gasteiger partial charge on any atom is -0.352 e. The van der Waals surface area contributed by atoms with Gasteiger partial charge in [-0.05, 0) is 34.1 Å². The lowest BCUT2D eigenvalue weighted by Gasteiger charge is -2.35. The van der Waals surface area contributed by atoms with E-state index >= 15 is 0 Å². The molecule has 0 amide bonds. The molecule has 1 fully saturated rings. The summed E-state index contributed by atoms with van der Waals surface area (Å²) in [6.07, 6.45) is 7.11. The Kier molecular flexibility index (Phi) is 4.08. The first kappa shape index (κ1) is 15.0. The average molecular weight is 387 g/mol. The largest absolute Gasteiger partial charge is 0.352 e. The van der Waals surface area contributed by atoms with Crippen molar-refractivity contribution in [2.24, 2.45) is 0 Å². The molecule has 0 radical (unpaired) electrons. The van der Waals surface area contributed by atoms with Crippen LogP contribution in [-0.4, -0.2) is 56.1 Å². The number of hydrogen-bond donors (Lipinski definition) is 0. The van der Waals surface area contributed by atoms with Crippen molar-refractivity contribution in [1.82, 2.24) is 29.9 Å². The van der Waals surface area contributed by atoms with Crippen molar-refractivity contribution < 1.29 is 0 Å². The van der Waals surface area contributed by atoms with E-state index in [0.29, 0.717) is 5.82 Å². The summed E-state index contributed by atoms with van der Waals surface area (Å²) >= 11 is 3.36. The molecule has 0 unspecified atom stereocenters. The predicted molar refractivity (Wildman–Crippen MR) is 93.3 cm³/mol. The third-order valence-corrected chi connectivity index (χ3v) is 4.28. The monoisotopic (exact) mass is 386 g/mol. The fraction of sp³-hybridized carbons (Fsp3) is 0.267. The number of anilines is 2. The van der Waals surface area contributed by atoms with Crippen LogP contribution < -0.4 is 9.80 Å². The Morgan fingerprint density at radius 1 is 0.875 bits per heavy atom. The van der Waals surface area contributed by atoms with Gasteiger partial charge in [0.05, 0.1) is 4.47 Å². The minimum absolute atomic E-state index is 0.714. The molecule has 3 aromatic rings. The SMILES string of the molecule is Brc1cnc(N2CCN(c3ccc(-n4cccn4)nn3)CC2)nc1. The van der Waals surface area contributed by atoms with Gasteiger partial charge in [0.1, 0.15) is 0 Å². The highest BCUT2D eigenvalue weighted by Crippen LogP contribution is 2.17. The second-order valence-corrected chi connectivity index (χ2v) is 6.29. The van der Waals surface area contributed by atoms with Crippen molar-refractivity contribution in [1.29, 1.82) is 0 Å². The lowest BCUT2D eigenvalue weighted by molar-refractivity contribution is 0.630. The molecule has 0 saturated carbocycles. The van der Waals surface area contributed by atoms with Gasteiger partial charge < -0.3 is 9.80 Å². The molecule has 3 aromatic heterocycles. The number of hydrogen-bond acceptors (Lipinski definition) is 7. The number of nitrogens with zero attached hydrogens (tertiary/aromatic N) is 8. The van der Waals surface area contributed by atoms with E-state index in [1.165, 1.54) is 0 Å². The zero-order valence-corrected chi connectivity index (χ0v) is 14.4. The van der Waals surface area contributed by atoms with Crippen molar-refractivity contribution in [2.75, 3.05) is 36.0 Å². The van der Waals surface area contributed by atoms with Crippen LogP contribution in [0.3, 0.4) is 0 Å². The van der Waals surface area contributed by atoms with E-state index in [0.717, 1.165) is 42.4 Å². The molecule has 24 heavy (non-hydrogen) atoms. The van der Waals surface area contributed by atoms with E-state index in [2.05, 4.69) is 51.0 Å². The summed E-state index contributed by atoms with van der Waals surface area (Å²) in [7, 11) is 0. The molecule has 0 bridgehead atoms. The number of piperazine rings is 1. The molecule has 0 aromatic carbocycles. The Hall–Kier alpha value is -2.55. The summed E-state index contributed by atoms with van der Waals surface area (Å²) in [4.78, 5) is 13.1. The zero-order valence-electron chi connectivity index (χ0n) is 12.8. The van der Waals surface area contributed by atoms with Gasteiger partial charge in [0.15, 0.2) is 11.6 Å². The number of rotatable bonds is 3. The Morgan fingerprint density at radius 2 is 1.54 bits per heavy atom. The summed E-state index contributed by atoms with van der Waals surface area (Å²) in [6.45, 7) is 3.42. The number of halogens is 1. The van der Waals surface area contributed by atoms with Crippen LogP contribution >= 0.6 is 15.9 Å². The lowest BCUT2D eigenvalue weighted by atomic mass is 10.3. The lowest BCUT2D eigenvalue weighted by Crippen LogP contribution is -2.47. The molecule has 122 valence electrons. The fourth-order valence-corrected chi connectivity index (χ4v) is 2.82. The Bertz CT molecular complexity index is 779. The molecular formula is C15H15BrN8. The average Bonchev–Trinajstić information content (AvgIpc) is 3.17. The molecule has 0 N–H and O–H groups in total. The van der Waals surface area contributed by atoms with Gasteiger partial charge in [-0.3, -0.25) is 0 Å². The van der Waals surface area contributed by atoms with Crippen LogP contribution in [0, 0.1) is 0 Å². The normalized spacial score (nSPS) is 14.9. The second kappa shape index (κ2) is 6.52. The smallest absolute Gasteiger partial charge is 0.225 e. The summed E-state index contributed by atoms with van der Waals surface area (Å²) in [5.74, 6) is 2.35. The van der Waals surface area contributed by atoms with Crippen molar-refractivity contribution >= 4 is 27.7 Å². The van der Waals surface area contributed by atoms with Crippen LogP contribution in [0.25, 0.3) is 5.82 Å². The van der Waals surface area contributed by atoms with Gasteiger partial charge in [-0.1, -0.05) is 0 Å². The second-order valence-electron chi connectivity index (χ2n) is 5.38. The van der Waals surface area contributed by atoms with Gasteiger partial charge in [0, 0.05) is 51.0 Å². The van der Waals surface area contributed by atoms with Crippen LogP contribution in [0.1, 0.15) is 0 Å². The van der Waals surface area contributed by atoms with Gasteiger partial charge in [-0.15, -0.1) is 10.2 Å². The van der Waals surface area contributed by atoms with Gasteiger partial charge in [-0.2, -0.15) is 5.10 Å². The van der Waals surface area contributed by atoms with Crippen molar-refractivity contribution in [3.05, 3.63) is 47.5 Å². The maximum absolute atomic E-state index is 4.35. The molecule has 1 saturated heterocycles. The van der Waals surface area contributed by atoms with E-state index in [9.17, 15) is 0 Å². The number of aromatic nitrogens is 6. The first-order valence-electron chi connectivity index (χ1n) is 7.61. The van der Waals surface area contributed by atoms with E-state index in [1.54, 1.807) is 23.3 Å². The minimum atomic E-state index is 0.714. The first-order chi connectivity index (χ1) is 11.8. The van der Waals surface area contributed by atoms with Crippen molar-refractivity contribution in [3.63, 3.8) is 0 Å². The van der Waals surface area contributed by atoms with Gasteiger partial charge in [0.2, 0.25) is 5.95 Å². The molecule has 1 aliphatic rings. The van der Waals surface area contributed by atoms with E-state index in [1.807, 2.05) is 24.4 Å². The summed E-state index contributed by atoms with van der Waals surface area (Å²) in [5.41, 5.74) is 0. The highest BCUT2D eigenvalue weighted by Gasteiger charge is 2.20.